The number of ether oxygens (including phenoxy) is 1. The maximum Gasteiger partial charge on any atom is 0.341 e. The van der Waals surface area contributed by atoms with Crippen molar-refractivity contribution in [3.63, 3.8) is 0 Å². The van der Waals surface area contributed by atoms with Crippen LogP contribution in [-0.4, -0.2) is 49.6 Å². The van der Waals surface area contributed by atoms with Gasteiger partial charge in [0, 0.05) is 12.3 Å². The van der Waals surface area contributed by atoms with Crippen molar-refractivity contribution in [1.29, 1.82) is 5.41 Å². The SMILES string of the molecule is C[N+]1(CCOC(=O)c2cccc(F)c2F)CCC(C(C(=N)[O-])(c2ccccc2)c2ccccc2)C1. The molecule has 0 amide bonds. The highest BCUT2D eigenvalue weighted by molar-refractivity contribution is 5.89. The Morgan fingerprint density at radius 2 is 1.63 bits per heavy atom. The van der Waals surface area contributed by atoms with E-state index >= 15 is 0 Å². The van der Waals surface area contributed by atoms with Gasteiger partial charge in [-0.1, -0.05) is 66.7 Å². The molecule has 0 aliphatic carbocycles. The van der Waals surface area contributed by atoms with Crippen molar-refractivity contribution in [3.8, 4) is 0 Å². The fourth-order valence-corrected chi connectivity index (χ4v) is 5.32. The van der Waals surface area contributed by atoms with E-state index in [4.69, 9.17) is 10.1 Å². The quantitative estimate of drug-likeness (QED) is 0.231. The Balaban J connectivity index is 1.54. The summed E-state index contributed by atoms with van der Waals surface area (Å²) in [7, 11) is 2.02. The molecule has 0 spiro atoms. The Hall–Kier alpha value is -3.58. The summed E-state index contributed by atoms with van der Waals surface area (Å²) in [5.41, 5.74) is 0.0362. The Morgan fingerprint density at radius 1 is 1.03 bits per heavy atom. The minimum atomic E-state index is -1.22. The van der Waals surface area contributed by atoms with Crippen molar-refractivity contribution in [2.45, 2.75) is 11.8 Å². The summed E-state index contributed by atoms with van der Waals surface area (Å²) in [6.07, 6.45) is 0.706. The van der Waals surface area contributed by atoms with Gasteiger partial charge in [0.2, 0.25) is 0 Å². The Bertz CT molecular complexity index is 1160. The number of rotatable bonds is 8. The van der Waals surface area contributed by atoms with Gasteiger partial charge in [-0.05, 0) is 29.2 Å². The fraction of sp³-hybridized carbons (Fsp3) is 0.286. The maximum absolute atomic E-state index is 13.9. The van der Waals surface area contributed by atoms with E-state index in [1.54, 1.807) is 0 Å². The zero-order chi connectivity index (χ0) is 25.1. The second-order valence-electron chi connectivity index (χ2n) is 9.34. The number of hydrogen-bond acceptors (Lipinski definition) is 4. The van der Waals surface area contributed by atoms with Gasteiger partial charge in [-0.25, -0.2) is 13.6 Å². The van der Waals surface area contributed by atoms with E-state index in [2.05, 4.69) is 0 Å². The third kappa shape index (κ3) is 4.68. The summed E-state index contributed by atoms with van der Waals surface area (Å²) in [6.45, 7) is 1.80. The number of quaternary nitrogens is 1. The van der Waals surface area contributed by atoms with Crippen molar-refractivity contribution in [3.05, 3.63) is 107 Å². The number of carbonyl (C=O) groups excluding carboxylic acids is 1. The number of halogens is 2. The molecule has 0 radical (unpaired) electrons. The van der Waals surface area contributed by atoms with Crippen LogP contribution in [0.25, 0.3) is 0 Å². The summed E-state index contributed by atoms with van der Waals surface area (Å²) in [5.74, 6) is -4.02. The summed E-state index contributed by atoms with van der Waals surface area (Å²) in [4.78, 5) is 12.3. The number of hydrogen-bond donors (Lipinski definition) is 1. The van der Waals surface area contributed by atoms with E-state index in [9.17, 15) is 18.7 Å². The molecule has 3 aromatic rings. The Labute approximate surface area is 203 Å². The van der Waals surface area contributed by atoms with Crippen molar-refractivity contribution in [2.75, 3.05) is 33.3 Å². The van der Waals surface area contributed by atoms with Crippen LogP contribution in [0.5, 0.6) is 0 Å². The van der Waals surface area contributed by atoms with Crippen LogP contribution in [-0.2, 0) is 10.2 Å². The molecule has 1 N–H and O–H groups in total. The lowest BCUT2D eigenvalue weighted by Crippen LogP contribution is -2.52. The highest BCUT2D eigenvalue weighted by Gasteiger charge is 2.49. The molecule has 1 saturated heterocycles. The predicted octanol–water partition coefficient (Wildman–Crippen LogP) is 3.91. The molecule has 0 aromatic heterocycles. The molecule has 1 aliphatic heterocycles. The average Bonchev–Trinajstić information content (AvgIpc) is 3.24. The van der Waals surface area contributed by atoms with Gasteiger partial charge in [-0.2, -0.15) is 0 Å². The van der Waals surface area contributed by atoms with Crippen LogP contribution >= 0.6 is 0 Å². The molecule has 3 aromatic carbocycles. The van der Waals surface area contributed by atoms with E-state index in [1.807, 2.05) is 67.7 Å². The number of likely N-dealkylation sites (N-methyl/N-ethyl adjacent to an activating group) is 1. The molecule has 2 atom stereocenters. The third-order valence-electron chi connectivity index (χ3n) is 7.14. The Morgan fingerprint density at radius 3 is 2.20 bits per heavy atom. The zero-order valence-electron chi connectivity index (χ0n) is 19.5. The number of esters is 1. The first-order chi connectivity index (χ1) is 16.8. The molecule has 7 heteroatoms. The molecule has 182 valence electrons. The van der Waals surface area contributed by atoms with Crippen molar-refractivity contribution < 1.29 is 27.9 Å². The first-order valence-corrected chi connectivity index (χ1v) is 11.6. The standard InChI is InChI=1S/C28H28F2N2O3/c1-32(17-18-35-26(33)23-13-8-14-24(29)25(23)30)16-15-22(19-32)28(27(31)34,20-9-4-2-5-10-20)21-11-6-3-7-12-21/h2-14,22H,15-19H2,1H3,(H-,31,34). The van der Waals surface area contributed by atoms with Gasteiger partial charge in [-0.15, -0.1) is 0 Å². The second kappa shape index (κ2) is 9.96. The highest BCUT2D eigenvalue weighted by atomic mass is 19.2. The predicted molar refractivity (Wildman–Crippen MR) is 127 cm³/mol. The molecular formula is C28H28F2N2O3. The summed E-state index contributed by atoms with van der Waals surface area (Å²) >= 11 is 0. The van der Waals surface area contributed by atoms with Crippen molar-refractivity contribution in [1.82, 2.24) is 0 Å². The van der Waals surface area contributed by atoms with Crippen molar-refractivity contribution in [2.24, 2.45) is 5.92 Å². The van der Waals surface area contributed by atoms with E-state index < -0.39 is 34.5 Å². The molecule has 5 nitrogen and oxygen atoms in total. The largest absolute Gasteiger partial charge is 0.861 e. The zero-order valence-corrected chi connectivity index (χ0v) is 19.5. The van der Waals surface area contributed by atoms with Gasteiger partial charge >= 0.3 is 5.97 Å². The fourth-order valence-electron chi connectivity index (χ4n) is 5.32. The molecule has 1 fully saturated rings. The smallest absolute Gasteiger partial charge is 0.341 e. The van der Waals surface area contributed by atoms with Crippen LogP contribution in [0.1, 0.15) is 27.9 Å². The van der Waals surface area contributed by atoms with Gasteiger partial charge < -0.3 is 19.7 Å². The van der Waals surface area contributed by atoms with Crippen LogP contribution in [0.2, 0.25) is 0 Å². The summed E-state index contributed by atoms with van der Waals surface area (Å²) in [5, 5.41) is 21.5. The number of benzene rings is 3. The third-order valence-corrected chi connectivity index (χ3v) is 7.14. The monoisotopic (exact) mass is 478 g/mol. The van der Waals surface area contributed by atoms with E-state index in [0.717, 1.165) is 23.7 Å². The van der Waals surface area contributed by atoms with Gasteiger partial charge in [-0.3, -0.25) is 0 Å². The van der Waals surface area contributed by atoms with Gasteiger partial charge in [0.25, 0.3) is 0 Å². The number of nitrogens with zero attached hydrogens (tertiary/aromatic N) is 1. The average molecular weight is 479 g/mol. The van der Waals surface area contributed by atoms with Crippen LogP contribution in [0.4, 0.5) is 8.78 Å². The molecule has 1 heterocycles. The summed E-state index contributed by atoms with van der Waals surface area (Å²) < 4.78 is 33.1. The second-order valence-corrected chi connectivity index (χ2v) is 9.34. The first-order valence-electron chi connectivity index (χ1n) is 11.6. The van der Waals surface area contributed by atoms with E-state index in [1.165, 1.54) is 12.1 Å². The minimum Gasteiger partial charge on any atom is -0.861 e. The molecule has 0 saturated carbocycles. The van der Waals surface area contributed by atoms with Gasteiger partial charge in [0.05, 0.1) is 31.1 Å². The maximum atomic E-state index is 13.9. The minimum absolute atomic E-state index is 0.0243. The number of likely N-dealkylation sites (tertiary alicyclic amines) is 1. The lowest BCUT2D eigenvalue weighted by Gasteiger charge is -2.43. The van der Waals surface area contributed by atoms with Gasteiger partial charge in [0.1, 0.15) is 13.2 Å². The molecule has 2 unspecified atom stereocenters. The molecule has 35 heavy (non-hydrogen) atoms. The van der Waals surface area contributed by atoms with Crippen LogP contribution in [0, 0.1) is 23.0 Å². The van der Waals surface area contributed by atoms with Gasteiger partial charge in [0.15, 0.2) is 11.6 Å². The molecule has 0 bridgehead atoms. The number of carbonyl (C=O) groups is 1. The van der Waals surface area contributed by atoms with Crippen LogP contribution < -0.4 is 5.11 Å². The highest BCUT2D eigenvalue weighted by Crippen LogP contribution is 2.45. The normalized spacial score (nSPS) is 19.9. The molecule has 1 aliphatic rings. The lowest BCUT2D eigenvalue weighted by atomic mass is 9.65. The molecular weight excluding hydrogens is 450 g/mol. The topological polar surface area (TPSA) is 73.2 Å². The Kier molecular flexibility index (Phi) is 6.98. The van der Waals surface area contributed by atoms with Crippen LogP contribution in [0.15, 0.2) is 78.9 Å². The van der Waals surface area contributed by atoms with E-state index in [-0.39, 0.29) is 12.5 Å². The van der Waals surface area contributed by atoms with E-state index in [0.29, 0.717) is 24.0 Å². The first kappa shape index (κ1) is 24.5. The lowest BCUT2D eigenvalue weighted by molar-refractivity contribution is -0.899. The summed E-state index contributed by atoms with van der Waals surface area (Å²) in [6, 6.07) is 22.3. The van der Waals surface area contributed by atoms with Crippen molar-refractivity contribution >= 4 is 11.9 Å². The number of nitrogens with one attached hydrogen (secondary N) is 1. The molecule has 4 rings (SSSR count). The van der Waals surface area contributed by atoms with Crippen LogP contribution in [0.3, 0.4) is 0 Å².